The van der Waals surface area contributed by atoms with E-state index in [1.165, 1.54) is 31.7 Å². The minimum absolute atomic E-state index is 0.442. The van der Waals surface area contributed by atoms with Crippen LogP contribution in [0.5, 0.6) is 0 Å². The van der Waals surface area contributed by atoms with Crippen molar-refractivity contribution in [2.24, 2.45) is 0 Å². The summed E-state index contributed by atoms with van der Waals surface area (Å²) < 4.78 is 0.442. The number of nitrogens with zero attached hydrogens (tertiary/aromatic N) is 1. The van der Waals surface area contributed by atoms with Gasteiger partial charge in [0.05, 0.1) is 0 Å². The Morgan fingerprint density at radius 3 is 2.73 bits per heavy atom. The fraction of sp³-hybridized carbons (Fsp3) is 1.00. The molecule has 1 rings (SSSR count). The summed E-state index contributed by atoms with van der Waals surface area (Å²) in [5.74, 6) is 1.29. The molecule has 15 heavy (non-hydrogen) atoms. The minimum Gasteiger partial charge on any atom is -0.318 e. The molecule has 1 N–H and O–H groups in total. The lowest BCUT2D eigenvalue weighted by Crippen LogP contribution is -2.51. The molecular formula is C12H26N2S. The number of hydrogen-bond acceptors (Lipinski definition) is 3. The van der Waals surface area contributed by atoms with Gasteiger partial charge in [0.2, 0.25) is 0 Å². The third kappa shape index (κ3) is 4.33. The van der Waals surface area contributed by atoms with E-state index in [4.69, 9.17) is 0 Å². The molecule has 0 saturated carbocycles. The first-order valence-corrected chi connectivity index (χ1v) is 7.10. The Bertz CT molecular complexity index is 176. The fourth-order valence-corrected chi connectivity index (χ4v) is 3.48. The standard InChI is InChI=1S/C12H26N2S/c1-5-6-11(9-13-4)14-7-8-15-12(2,3)10-14/h11,13H,5-10H2,1-4H3. The molecule has 0 amide bonds. The second-order valence-corrected chi connectivity index (χ2v) is 6.88. The SMILES string of the molecule is CCCC(CNC)N1CCSC(C)(C)C1. The quantitative estimate of drug-likeness (QED) is 0.779. The molecule has 0 aromatic heterocycles. The van der Waals surface area contributed by atoms with Gasteiger partial charge in [-0.15, -0.1) is 0 Å². The monoisotopic (exact) mass is 230 g/mol. The van der Waals surface area contributed by atoms with Gasteiger partial charge in [0.15, 0.2) is 0 Å². The molecule has 0 spiro atoms. The first-order chi connectivity index (χ1) is 7.09. The molecule has 2 nitrogen and oxygen atoms in total. The molecule has 1 heterocycles. The second kappa shape index (κ2) is 6.12. The molecule has 0 aliphatic carbocycles. The average Bonchev–Trinajstić information content (AvgIpc) is 2.16. The number of thioether (sulfide) groups is 1. The largest absolute Gasteiger partial charge is 0.318 e. The molecule has 3 heteroatoms. The van der Waals surface area contributed by atoms with Crippen molar-refractivity contribution < 1.29 is 0 Å². The van der Waals surface area contributed by atoms with Crippen molar-refractivity contribution in [3.8, 4) is 0 Å². The van der Waals surface area contributed by atoms with Gasteiger partial charge in [-0.1, -0.05) is 13.3 Å². The molecule has 1 saturated heterocycles. The highest BCUT2D eigenvalue weighted by Crippen LogP contribution is 2.30. The normalized spacial score (nSPS) is 24.0. The number of rotatable bonds is 5. The zero-order chi connectivity index (χ0) is 11.3. The van der Waals surface area contributed by atoms with E-state index in [9.17, 15) is 0 Å². The molecular weight excluding hydrogens is 204 g/mol. The van der Waals surface area contributed by atoms with E-state index >= 15 is 0 Å². The van der Waals surface area contributed by atoms with Crippen LogP contribution >= 0.6 is 11.8 Å². The van der Waals surface area contributed by atoms with E-state index in [-0.39, 0.29) is 0 Å². The Morgan fingerprint density at radius 1 is 1.47 bits per heavy atom. The maximum atomic E-state index is 3.33. The average molecular weight is 230 g/mol. The second-order valence-electron chi connectivity index (χ2n) is 5.08. The van der Waals surface area contributed by atoms with Crippen LogP contribution in [0.3, 0.4) is 0 Å². The van der Waals surface area contributed by atoms with Crippen molar-refractivity contribution in [1.29, 1.82) is 0 Å². The van der Waals surface area contributed by atoms with Gasteiger partial charge in [-0.25, -0.2) is 0 Å². The predicted molar refractivity (Wildman–Crippen MR) is 70.7 cm³/mol. The van der Waals surface area contributed by atoms with Gasteiger partial charge in [0.1, 0.15) is 0 Å². The van der Waals surface area contributed by atoms with Gasteiger partial charge in [-0.05, 0) is 27.3 Å². The van der Waals surface area contributed by atoms with E-state index in [2.05, 4.69) is 49.8 Å². The van der Waals surface area contributed by atoms with Crippen LogP contribution in [-0.4, -0.2) is 48.1 Å². The summed E-state index contributed by atoms with van der Waals surface area (Å²) in [4.78, 5) is 2.68. The van der Waals surface area contributed by atoms with Crippen LogP contribution < -0.4 is 5.32 Å². The van der Waals surface area contributed by atoms with E-state index in [0.717, 1.165) is 12.6 Å². The highest BCUT2D eigenvalue weighted by molar-refractivity contribution is 8.00. The third-order valence-electron chi connectivity index (χ3n) is 3.03. The number of likely N-dealkylation sites (N-methyl/N-ethyl adjacent to an activating group) is 1. The summed E-state index contributed by atoms with van der Waals surface area (Å²) in [6.07, 6.45) is 2.61. The molecule has 0 bridgehead atoms. The van der Waals surface area contributed by atoms with Gasteiger partial charge in [0.25, 0.3) is 0 Å². The molecule has 1 aliphatic rings. The molecule has 0 radical (unpaired) electrons. The van der Waals surface area contributed by atoms with Crippen LogP contribution in [0.25, 0.3) is 0 Å². The van der Waals surface area contributed by atoms with Crippen molar-refractivity contribution in [3.63, 3.8) is 0 Å². The van der Waals surface area contributed by atoms with Gasteiger partial charge in [-0.3, -0.25) is 4.90 Å². The first kappa shape index (κ1) is 13.3. The number of nitrogens with one attached hydrogen (secondary N) is 1. The molecule has 1 fully saturated rings. The summed E-state index contributed by atoms with van der Waals surface area (Å²) in [5.41, 5.74) is 0. The Hall–Kier alpha value is 0.270. The van der Waals surface area contributed by atoms with E-state index in [0.29, 0.717) is 4.75 Å². The van der Waals surface area contributed by atoms with Crippen LogP contribution in [0.2, 0.25) is 0 Å². The van der Waals surface area contributed by atoms with Crippen LogP contribution in [0.1, 0.15) is 33.6 Å². The molecule has 1 unspecified atom stereocenters. The molecule has 0 aromatic carbocycles. The topological polar surface area (TPSA) is 15.3 Å². The highest BCUT2D eigenvalue weighted by atomic mass is 32.2. The Morgan fingerprint density at radius 2 is 2.20 bits per heavy atom. The smallest absolute Gasteiger partial charge is 0.0231 e. The minimum atomic E-state index is 0.442. The summed E-state index contributed by atoms with van der Waals surface area (Å²) >= 11 is 2.12. The first-order valence-electron chi connectivity index (χ1n) is 6.11. The maximum absolute atomic E-state index is 3.33. The summed E-state index contributed by atoms with van der Waals surface area (Å²) in [5, 5.41) is 3.33. The van der Waals surface area contributed by atoms with Crippen molar-refractivity contribution in [2.45, 2.75) is 44.4 Å². The van der Waals surface area contributed by atoms with Crippen LogP contribution in [-0.2, 0) is 0 Å². The van der Waals surface area contributed by atoms with E-state index in [1.54, 1.807) is 0 Å². The van der Waals surface area contributed by atoms with E-state index in [1.807, 2.05) is 0 Å². The van der Waals surface area contributed by atoms with Crippen LogP contribution in [0.4, 0.5) is 0 Å². The molecule has 0 aromatic rings. The zero-order valence-electron chi connectivity index (χ0n) is 10.7. The summed E-state index contributed by atoms with van der Waals surface area (Å²) in [6, 6.07) is 0.736. The van der Waals surface area contributed by atoms with Crippen LogP contribution in [0.15, 0.2) is 0 Å². The van der Waals surface area contributed by atoms with Gasteiger partial charge in [0, 0.05) is 36.2 Å². The fourth-order valence-electron chi connectivity index (χ4n) is 2.35. The van der Waals surface area contributed by atoms with Crippen molar-refractivity contribution >= 4 is 11.8 Å². The summed E-state index contributed by atoms with van der Waals surface area (Å²) in [7, 11) is 2.06. The highest BCUT2D eigenvalue weighted by Gasteiger charge is 2.30. The molecule has 1 aliphatic heterocycles. The predicted octanol–water partition coefficient (Wildman–Crippen LogP) is 2.20. The Balaban J connectivity index is 2.50. The lowest BCUT2D eigenvalue weighted by molar-refractivity contribution is 0.175. The summed E-state index contributed by atoms with van der Waals surface area (Å²) in [6.45, 7) is 10.7. The van der Waals surface area contributed by atoms with Gasteiger partial charge < -0.3 is 5.32 Å². The van der Waals surface area contributed by atoms with Crippen LogP contribution in [0, 0.1) is 0 Å². The van der Waals surface area contributed by atoms with Crippen molar-refractivity contribution in [3.05, 3.63) is 0 Å². The van der Waals surface area contributed by atoms with Crippen molar-refractivity contribution in [1.82, 2.24) is 10.2 Å². The molecule has 90 valence electrons. The third-order valence-corrected chi connectivity index (χ3v) is 4.33. The zero-order valence-corrected chi connectivity index (χ0v) is 11.5. The molecule has 1 atom stereocenters. The van der Waals surface area contributed by atoms with E-state index < -0.39 is 0 Å². The Kier molecular flexibility index (Phi) is 5.44. The van der Waals surface area contributed by atoms with Crippen molar-refractivity contribution in [2.75, 3.05) is 32.4 Å². The number of hydrogen-bond donors (Lipinski definition) is 1. The van der Waals surface area contributed by atoms with Gasteiger partial charge >= 0.3 is 0 Å². The Labute approximate surface area is 99.2 Å². The lowest BCUT2D eigenvalue weighted by Gasteiger charge is -2.42. The van der Waals surface area contributed by atoms with Gasteiger partial charge in [-0.2, -0.15) is 11.8 Å². The lowest BCUT2D eigenvalue weighted by atomic mass is 10.1. The maximum Gasteiger partial charge on any atom is 0.0231 e.